The quantitative estimate of drug-likeness (QED) is 0.540. The summed E-state index contributed by atoms with van der Waals surface area (Å²) in [6, 6.07) is 0. The number of ether oxygens (including phenoxy) is 1. The molecule has 0 saturated carbocycles. The van der Waals surface area contributed by atoms with Crippen molar-refractivity contribution in [1.82, 2.24) is 19.1 Å². The van der Waals surface area contributed by atoms with E-state index in [9.17, 15) is 15.0 Å². The minimum Gasteiger partial charge on any atom is -0.387 e. The number of fused-ring (bicyclic) bond motifs is 3. The summed E-state index contributed by atoms with van der Waals surface area (Å²) in [5.74, 6) is 0. The number of aliphatic hydroxyl groups is 2. The van der Waals surface area contributed by atoms with Gasteiger partial charge in [-0.05, 0) is 6.20 Å². The van der Waals surface area contributed by atoms with Gasteiger partial charge in [0.15, 0.2) is 6.23 Å². The summed E-state index contributed by atoms with van der Waals surface area (Å²) in [6.07, 6.45) is 0.563. The summed E-state index contributed by atoms with van der Waals surface area (Å²) in [4.78, 5) is 19.4. The van der Waals surface area contributed by atoms with Crippen LogP contribution in [0.25, 0.3) is 11.2 Å². The number of hydrogen-bond donors (Lipinski definition) is 2. The van der Waals surface area contributed by atoms with E-state index in [-0.39, 0.29) is 39.3 Å². The molecule has 19 heavy (non-hydrogen) atoms. The zero-order valence-corrected chi connectivity index (χ0v) is 12.5. The van der Waals surface area contributed by atoms with Crippen molar-refractivity contribution in [3.63, 3.8) is 0 Å². The topological polar surface area (TPSA) is 102 Å². The number of imidazole rings is 1. The first kappa shape index (κ1) is 13.3. The van der Waals surface area contributed by atoms with Gasteiger partial charge >= 0.3 is 0 Å². The molecule has 8 nitrogen and oxygen atoms in total. The van der Waals surface area contributed by atoms with Crippen molar-refractivity contribution in [2.45, 2.75) is 31.1 Å². The summed E-state index contributed by atoms with van der Waals surface area (Å²) in [5, 5.41) is 19.8. The van der Waals surface area contributed by atoms with Crippen LogP contribution in [0.15, 0.2) is 11.1 Å². The van der Waals surface area contributed by atoms with Crippen LogP contribution in [0.4, 0.5) is 0 Å². The molecule has 4 atom stereocenters. The van der Waals surface area contributed by atoms with Gasteiger partial charge in [-0.25, -0.2) is 0 Å². The van der Waals surface area contributed by atoms with Crippen LogP contribution in [-0.2, 0) is 44.0 Å². The van der Waals surface area contributed by atoms with Crippen LogP contribution in [0.5, 0.6) is 0 Å². The van der Waals surface area contributed by atoms with Crippen LogP contribution in [0.2, 0.25) is 0 Å². The van der Waals surface area contributed by atoms with Gasteiger partial charge in [-0.15, -0.1) is 0 Å². The fourth-order valence-corrected chi connectivity index (χ4v) is 2.59. The molecule has 0 amide bonds. The average molecular weight is 338 g/mol. The molecule has 97 valence electrons. The molecule has 0 aliphatic carbocycles. The molecule has 1 fully saturated rings. The number of aromatic nitrogens is 4. The van der Waals surface area contributed by atoms with E-state index in [0.29, 0.717) is 11.2 Å². The summed E-state index contributed by atoms with van der Waals surface area (Å²) < 4.78 is 8.48. The van der Waals surface area contributed by atoms with Gasteiger partial charge < -0.3 is 33.9 Å². The molecule has 2 N–H and O–H groups in total. The number of nitrogens with zero attached hydrogens (tertiary/aromatic N) is 4. The van der Waals surface area contributed by atoms with Gasteiger partial charge in [0.05, 0.1) is 6.33 Å². The Hall–Kier alpha value is -0.666. The monoisotopic (exact) mass is 338 g/mol. The molecule has 1 saturated heterocycles. The molecular formula is C10H9N4O4Y-. The van der Waals surface area contributed by atoms with Crippen LogP contribution in [0.3, 0.4) is 0 Å². The third kappa shape index (κ3) is 1.67. The second-order valence-electron chi connectivity index (χ2n) is 4.49. The van der Waals surface area contributed by atoms with Crippen molar-refractivity contribution in [2.24, 2.45) is 0 Å². The zero-order chi connectivity index (χ0) is 12.4. The van der Waals surface area contributed by atoms with Crippen molar-refractivity contribution in [3.8, 4) is 0 Å². The SMILES string of the molecule is O=c1n[c-]c2ncn3c2n1C[C@H]1O[C@H]3C(O)[C@H]1O.[Y]. The van der Waals surface area contributed by atoms with Gasteiger partial charge in [0.1, 0.15) is 18.3 Å². The zero-order valence-electron chi connectivity index (χ0n) is 9.67. The summed E-state index contributed by atoms with van der Waals surface area (Å²) >= 11 is 0. The van der Waals surface area contributed by atoms with Crippen molar-refractivity contribution < 1.29 is 47.7 Å². The molecule has 2 aromatic rings. The van der Waals surface area contributed by atoms with Crippen LogP contribution in [0, 0.1) is 6.20 Å². The van der Waals surface area contributed by atoms with E-state index in [1.54, 1.807) is 0 Å². The number of aliphatic hydroxyl groups excluding tert-OH is 2. The van der Waals surface area contributed by atoms with E-state index >= 15 is 0 Å². The predicted molar refractivity (Wildman–Crippen MR) is 56.5 cm³/mol. The van der Waals surface area contributed by atoms with Crippen LogP contribution >= 0.6 is 0 Å². The Morgan fingerprint density at radius 1 is 1.42 bits per heavy atom. The maximum Gasteiger partial charge on any atom is 0.231 e. The van der Waals surface area contributed by atoms with Crippen LogP contribution in [-0.4, -0.2) is 47.6 Å². The second kappa shape index (κ2) is 4.42. The molecule has 2 bridgehead atoms. The molecule has 4 heterocycles. The van der Waals surface area contributed by atoms with Crippen molar-refractivity contribution in [1.29, 1.82) is 0 Å². The Bertz CT molecular complexity index is 698. The van der Waals surface area contributed by atoms with Crippen molar-refractivity contribution in [2.75, 3.05) is 0 Å². The molecule has 2 aromatic heterocycles. The van der Waals surface area contributed by atoms with Crippen LogP contribution < -0.4 is 5.69 Å². The fourth-order valence-electron chi connectivity index (χ4n) is 2.59. The van der Waals surface area contributed by atoms with Gasteiger partial charge in [-0.1, -0.05) is 0 Å². The molecule has 4 rings (SSSR count). The Kier molecular flexibility index (Phi) is 3.10. The fraction of sp³-hybridized carbons (Fsp3) is 0.500. The first-order chi connectivity index (χ1) is 8.66. The minimum atomic E-state index is -1.04. The standard InChI is InChI=1S/C10H9N4O4.Y/c15-6-5-2-13-8-4(1-11-10(13)17)12-3-14(8)9(18-5)7(6)16;/h3,5-7,9,15-16H,2H2;/q-1;/t5-,6+,7?,9+;/m1./s1. The largest absolute Gasteiger partial charge is 0.387 e. The van der Waals surface area contributed by atoms with Crippen molar-refractivity contribution in [3.05, 3.63) is 23.0 Å². The van der Waals surface area contributed by atoms with Gasteiger partial charge in [-0.2, -0.15) is 0 Å². The second-order valence-corrected chi connectivity index (χ2v) is 4.49. The van der Waals surface area contributed by atoms with E-state index in [0.717, 1.165) is 0 Å². The maximum atomic E-state index is 11.7. The summed E-state index contributed by atoms with van der Waals surface area (Å²) in [6.45, 7) is 0.136. The predicted octanol–water partition coefficient (Wildman–Crippen LogP) is -1.98. The molecule has 0 aromatic carbocycles. The first-order valence-corrected chi connectivity index (χ1v) is 5.53. The Balaban J connectivity index is 0.00000110. The molecule has 2 aliphatic heterocycles. The first-order valence-electron chi connectivity index (χ1n) is 5.53. The van der Waals surface area contributed by atoms with E-state index in [1.165, 1.54) is 15.5 Å². The van der Waals surface area contributed by atoms with Crippen LogP contribution in [0.1, 0.15) is 6.23 Å². The number of hydrogen-bond acceptors (Lipinski definition) is 6. The third-order valence-electron chi connectivity index (χ3n) is 3.49. The molecule has 1 unspecified atom stereocenters. The van der Waals surface area contributed by atoms with E-state index in [2.05, 4.69) is 16.2 Å². The van der Waals surface area contributed by atoms with Gasteiger partial charge in [-0.3, -0.25) is 4.98 Å². The van der Waals surface area contributed by atoms with E-state index in [4.69, 9.17) is 4.74 Å². The normalized spacial score (nSPS) is 32.1. The molecular weight excluding hydrogens is 329 g/mol. The third-order valence-corrected chi connectivity index (χ3v) is 3.49. The van der Waals surface area contributed by atoms with E-state index in [1.807, 2.05) is 0 Å². The number of rotatable bonds is 0. The Morgan fingerprint density at radius 2 is 2.21 bits per heavy atom. The molecule has 1 radical (unpaired) electrons. The Labute approximate surface area is 131 Å². The van der Waals surface area contributed by atoms with E-state index < -0.39 is 30.2 Å². The maximum absolute atomic E-state index is 11.7. The minimum absolute atomic E-state index is 0. The van der Waals surface area contributed by atoms with Gasteiger partial charge in [0.25, 0.3) is 0 Å². The molecule has 0 spiro atoms. The summed E-state index contributed by atoms with van der Waals surface area (Å²) in [5.41, 5.74) is 0.475. The summed E-state index contributed by atoms with van der Waals surface area (Å²) in [7, 11) is 0. The van der Waals surface area contributed by atoms with Crippen molar-refractivity contribution >= 4 is 11.2 Å². The Morgan fingerprint density at radius 3 is 3.00 bits per heavy atom. The molecule has 9 heteroatoms. The van der Waals surface area contributed by atoms with Gasteiger partial charge in [0, 0.05) is 50.4 Å². The molecule has 2 aliphatic rings. The van der Waals surface area contributed by atoms with Gasteiger partial charge in [0.2, 0.25) is 5.69 Å². The smallest absolute Gasteiger partial charge is 0.231 e. The average Bonchev–Trinajstić information content (AvgIpc) is 2.82.